The highest BCUT2D eigenvalue weighted by atomic mass is 32.2. The molecule has 0 saturated heterocycles. The summed E-state index contributed by atoms with van der Waals surface area (Å²) < 4.78 is 41.4. The van der Waals surface area contributed by atoms with E-state index in [0.29, 0.717) is 16.6 Å². The number of nitrogens with zero attached hydrogens (tertiary/aromatic N) is 3. The molecular weight excluding hydrogens is 430 g/mol. The maximum Gasteiger partial charge on any atom is 0.241 e. The summed E-state index contributed by atoms with van der Waals surface area (Å²) in [5.41, 5.74) is 16.3. The molecule has 12 nitrogen and oxygen atoms in total. The van der Waals surface area contributed by atoms with Crippen molar-refractivity contribution in [1.82, 2.24) is 19.8 Å². The molecule has 3 rings (SSSR count). The molecule has 160 valence electrons. The quantitative estimate of drug-likeness (QED) is 0.116. The van der Waals surface area contributed by atoms with Gasteiger partial charge in [-0.25, -0.2) is 38.8 Å². The molecule has 2 aromatic carbocycles. The van der Waals surface area contributed by atoms with Gasteiger partial charge < -0.3 is 16.0 Å². The molecule has 0 aliphatic carbocycles. The Bertz CT molecular complexity index is 1300. The standard InChI is InChI=1S/C16H21N9O3S2/c1-21-30(27,28)11-7-6-8(12(14(11)29(20)26)15(17)23-24-19)9-4-3-5-10-13(9)22-16(18)25(10)2/h3-7,21,24H,19-20H2,1-2H3,(H2,17,23)(H2,18,22). The third-order valence-electron chi connectivity index (χ3n) is 4.56. The Hall–Kier alpha value is -3.04. The average Bonchev–Trinajstić information content (AvgIpc) is 3.01. The predicted octanol–water partition coefficient (Wildman–Crippen LogP) is -1.20. The van der Waals surface area contributed by atoms with Crippen LogP contribution in [0.5, 0.6) is 0 Å². The molecule has 0 radical (unpaired) electrons. The summed E-state index contributed by atoms with van der Waals surface area (Å²) in [6.07, 6.45) is 0. The number of fused-ring (bicyclic) bond motifs is 1. The maximum absolute atomic E-state index is 12.5. The fourth-order valence-electron chi connectivity index (χ4n) is 3.14. The summed E-state index contributed by atoms with van der Waals surface area (Å²) in [5, 5.41) is 9.41. The van der Waals surface area contributed by atoms with E-state index >= 15 is 0 Å². The van der Waals surface area contributed by atoms with Crippen molar-refractivity contribution in [3.8, 4) is 11.1 Å². The van der Waals surface area contributed by atoms with Crippen LogP contribution in [0.15, 0.2) is 45.2 Å². The van der Waals surface area contributed by atoms with Crippen LogP contribution < -0.4 is 32.7 Å². The molecule has 3 aromatic rings. The fraction of sp³-hybridized carbons (Fsp3) is 0.125. The van der Waals surface area contributed by atoms with E-state index in [2.05, 4.69) is 20.3 Å². The minimum Gasteiger partial charge on any atom is -0.382 e. The van der Waals surface area contributed by atoms with Crippen LogP contribution in [0.1, 0.15) is 5.56 Å². The Morgan fingerprint density at radius 2 is 1.93 bits per heavy atom. The van der Waals surface area contributed by atoms with Crippen molar-refractivity contribution in [3.63, 3.8) is 0 Å². The zero-order chi connectivity index (χ0) is 22.2. The van der Waals surface area contributed by atoms with Gasteiger partial charge in [-0.1, -0.05) is 18.2 Å². The number of nitrogens with one attached hydrogen (secondary N) is 2. The van der Waals surface area contributed by atoms with Gasteiger partial charge in [-0.05, 0) is 24.7 Å². The summed E-state index contributed by atoms with van der Waals surface area (Å²) >= 11 is 0. The van der Waals surface area contributed by atoms with E-state index in [-0.39, 0.29) is 27.1 Å². The lowest BCUT2D eigenvalue weighted by molar-refractivity contribution is 0.585. The van der Waals surface area contributed by atoms with Crippen molar-refractivity contribution in [2.24, 2.45) is 28.9 Å². The number of hydrazine groups is 1. The first-order chi connectivity index (χ1) is 14.1. The van der Waals surface area contributed by atoms with Gasteiger partial charge in [0.05, 0.1) is 15.9 Å². The molecule has 0 amide bonds. The van der Waals surface area contributed by atoms with Gasteiger partial charge in [0.25, 0.3) is 0 Å². The third kappa shape index (κ3) is 3.50. The fourth-order valence-corrected chi connectivity index (χ4v) is 5.21. The van der Waals surface area contributed by atoms with Crippen LogP contribution in [0.25, 0.3) is 22.2 Å². The summed E-state index contributed by atoms with van der Waals surface area (Å²) in [4.78, 5) is 3.86. The Kier molecular flexibility index (Phi) is 5.78. The molecule has 0 aliphatic rings. The number of nitrogen functional groups attached to an aromatic ring is 1. The molecule has 0 saturated carbocycles. The van der Waals surface area contributed by atoms with Gasteiger partial charge in [-0.15, -0.1) is 5.10 Å². The number of imidazole rings is 1. The van der Waals surface area contributed by atoms with Gasteiger partial charge >= 0.3 is 0 Å². The van der Waals surface area contributed by atoms with Crippen LogP contribution in [0.4, 0.5) is 5.95 Å². The molecule has 1 unspecified atom stereocenters. The Morgan fingerprint density at radius 1 is 1.23 bits per heavy atom. The summed E-state index contributed by atoms with van der Waals surface area (Å²) in [6.45, 7) is 0. The normalized spacial score (nSPS) is 13.5. The number of anilines is 1. The highest BCUT2D eigenvalue weighted by Gasteiger charge is 2.28. The van der Waals surface area contributed by atoms with Crippen LogP contribution in [-0.2, 0) is 28.1 Å². The van der Waals surface area contributed by atoms with Gasteiger partial charge in [-0.3, -0.25) is 0 Å². The highest BCUT2D eigenvalue weighted by Crippen LogP contribution is 2.36. The number of hydrogen-bond donors (Lipinski definition) is 6. The SMILES string of the molecule is CNS(=O)(=O)c1ccc(-c2cccc3c2nc(N)n3C)c(/C(N)=N/NN)c1S(N)=O. The first-order valence-corrected chi connectivity index (χ1v) is 11.1. The van der Waals surface area contributed by atoms with Crippen LogP contribution in [0.3, 0.4) is 0 Å². The molecule has 0 aliphatic heterocycles. The molecule has 30 heavy (non-hydrogen) atoms. The lowest BCUT2D eigenvalue weighted by Gasteiger charge is -2.17. The zero-order valence-electron chi connectivity index (χ0n) is 16.1. The molecular formula is C16H21N9O3S2. The monoisotopic (exact) mass is 451 g/mol. The van der Waals surface area contributed by atoms with Gasteiger partial charge in [0, 0.05) is 18.2 Å². The Balaban J connectivity index is 2.51. The average molecular weight is 452 g/mol. The number of aryl methyl sites for hydroxylation is 1. The molecule has 1 aromatic heterocycles. The first-order valence-electron chi connectivity index (χ1n) is 8.41. The lowest BCUT2D eigenvalue weighted by atomic mass is 9.97. The molecule has 10 N–H and O–H groups in total. The largest absolute Gasteiger partial charge is 0.382 e. The van der Waals surface area contributed by atoms with E-state index in [1.807, 2.05) is 6.07 Å². The molecule has 1 atom stereocenters. The van der Waals surface area contributed by atoms with Gasteiger partial charge in [0.15, 0.2) is 5.84 Å². The van der Waals surface area contributed by atoms with Gasteiger partial charge in [0.2, 0.25) is 16.0 Å². The van der Waals surface area contributed by atoms with Crippen molar-refractivity contribution in [2.75, 3.05) is 12.8 Å². The topological polar surface area (TPSA) is 210 Å². The molecule has 0 fully saturated rings. The number of rotatable bonds is 6. The Morgan fingerprint density at radius 3 is 2.53 bits per heavy atom. The van der Waals surface area contributed by atoms with Crippen LogP contribution >= 0.6 is 0 Å². The van der Waals surface area contributed by atoms with Crippen molar-refractivity contribution in [2.45, 2.75) is 9.79 Å². The number of benzene rings is 2. The Labute approximate surface area is 174 Å². The summed E-state index contributed by atoms with van der Waals surface area (Å²) in [7, 11) is -3.27. The predicted molar refractivity (Wildman–Crippen MR) is 115 cm³/mol. The number of sulfonamides is 1. The van der Waals surface area contributed by atoms with Crippen molar-refractivity contribution in [3.05, 3.63) is 35.9 Å². The molecule has 0 bridgehead atoms. The highest BCUT2D eigenvalue weighted by molar-refractivity contribution is 7.90. The van der Waals surface area contributed by atoms with E-state index in [1.165, 1.54) is 19.2 Å². The van der Waals surface area contributed by atoms with Gasteiger partial charge in [0.1, 0.15) is 15.9 Å². The summed E-state index contributed by atoms with van der Waals surface area (Å²) in [6, 6.07) is 8.14. The van der Waals surface area contributed by atoms with Crippen molar-refractivity contribution >= 4 is 43.8 Å². The number of para-hydroxylation sites is 1. The first kappa shape index (κ1) is 21.7. The minimum atomic E-state index is -4.01. The van der Waals surface area contributed by atoms with E-state index in [9.17, 15) is 12.6 Å². The number of amidine groups is 1. The maximum atomic E-state index is 12.5. The lowest BCUT2D eigenvalue weighted by Crippen LogP contribution is -2.28. The van der Waals surface area contributed by atoms with E-state index in [0.717, 1.165) is 5.52 Å². The van der Waals surface area contributed by atoms with Crippen molar-refractivity contribution < 1.29 is 12.6 Å². The second-order valence-corrected chi connectivity index (χ2v) is 9.01. The minimum absolute atomic E-state index is 0.0434. The number of aromatic nitrogens is 2. The van der Waals surface area contributed by atoms with E-state index in [1.54, 1.807) is 23.7 Å². The second-order valence-electron chi connectivity index (χ2n) is 6.15. The van der Waals surface area contributed by atoms with E-state index < -0.39 is 21.0 Å². The molecule has 1 heterocycles. The number of hydrazone groups is 1. The molecule has 14 heteroatoms. The zero-order valence-corrected chi connectivity index (χ0v) is 17.7. The number of nitrogens with two attached hydrogens (primary N) is 4. The third-order valence-corrected chi connectivity index (χ3v) is 6.97. The van der Waals surface area contributed by atoms with E-state index in [4.69, 9.17) is 22.4 Å². The number of hydrogen-bond acceptors (Lipinski definition) is 8. The van der Waals surface area contributed by atoms with Crippen LogP contribution in [0.2, 0.25) is 0 Å². The second kappa shape index (κ2) is 8.00. The smallest absolute Gasteiger partial charge is 0.241 e. The van der Waals surface area contributed by atoms with Gasteiger partial charge in [-0.2, -0.15) is 0 Å². The molecule has 0 spiro atoms. The summed E-state index contributed by atoms with van der Waals surface area (Å²) in [5.74, 6) is 5.32. The van der Waals surface area contributed by atoms with Crippen molar-refractivity contribution in [1.29, 1.82) is 0 Å². The van der Waals surface area contributed by atoms with Crippen LogP contribution in [0, 0.1) is 0 Å². The van der Waals surface area contributed by atoms with Crippen LogP contribution in [-0.4, -0.2) is 35.1 Å².